The summed E-state index contributed by atoms with van der Waals surface area (Å²) in [6, 6.07) is 2.27. The van der Waals surface area contributed by atoms with Crippen molar-refractivity contribution in [1.29, 1.82) is 0 Å². The highest BCUT2D eigenvalue weighted by atomic mass is 19.1. The number of hydrogen-bond acceptors (Lipinski definition) is 1. The van der Waals surface area contributed by atoms with E-state index in [2.05, 4.69) is 4.99 Å². The Morgan fingerprint density at radius 1 is 1.31 bits per heavy atom. The molecule has 1 heterocycles. The van der Waals surface area contributed by atoms with Gasteiger partial charge in [0.15, 0.2) is 0 Å². The van der Waals surface area contributed by atoms with Gasteiger partial charge in [0.05, 0.1) is 0 Å². The van der Waals surface area contributed by atoms with Crippen LogP contribution >= 0.6 is 0 Å². The van der Waals surface area contributed by atoms with E-state index in [4.69, 9.17) is 0 Å². The van der Waals surface area contributed by atoms with E-state index in [-0.39, 0.29) is 0 Å². The van der Waals surface area contributed by atoms with Crippen LogP contribution in [0.3, 0.4) is 0 Å². The summed E-state index contributed by atoms with van der Waals surface area (Å²) >= 11 is 0. The third-order valence-electron chi connectivity index (χ3n) is 2.26. The Morgan fingerprint density at radius 2 is 2.08 bits per heavy atom. The van der Waals surface area contributed by atoms with Crippen molar-refractivity contribution in [2.75, 3.05) is 6.54 Å². The summed E-state index contributed by atoms with van der Waals surface area (Å²) in [6.07, 6.45) is 0.568. The van der Waals surface area contributed by atoms with Crippen molar-refractivity contribution >= 4 is 5.71 Å². The second kappa shape index (κ2) is 2.91. The Labute approximate surface area is 75.1 Å². The molecule has 0 aliphatic carbocycles. The summed E-state index contributed by atoms with van der Waals surface area (Å²) in [5.74, 6) is -0.989. The monoisotopic (exact) mass is 181 g/mol. The Kier molecular flexibility index (Phi) is 1.87. The lowest BCUT2D eigenvalue weighted by molar-refractivity contribution is 0.570. The summed E-state index contributed by atoms with van der Waals surface area (Å²) in [6.45, 7) is 2.37. The van der Waals surface area contributed by atoms with Gasteiger partial charge in [-0.1, -0.05) is 0 Å². The van der Waals surface area contributed by atoms with Gasteiger partial charge in [0.2, 0.25) is 0 Å². The zero-order chi connectivity index (χ0) is 9.42. The minimum atomic E-state index is -0.535. The summed E-state index contributed by atoms with van der Waals surface area (Å²) < 4.78 is 26.0. The maximum absolute atomic E-state index is 13.2. The molecule has 0 amide bonds. The molecule has 68 valence electrons. The minimum absolute atomic E-state index is 0.454. The molecule has 1 aromatic carbocycles. The molecule has 0 N–H and O–H groups in total. The van der Waals surface area contributed by atoms with Crippen molar-refractivity contribution in [3.8, 4) is 0 Å². The Morgan fingerprint density at radius 3 is 2.85 bits per heavy atom. The number of hydrogen-bond donors (Lipinski definition) is 0. The van der Waals surface area contributed by atoms with E-state index in [1.54, 1.807) is 6.92 Å². The molecule has 13 heavy (non-hydrogen) atoms. The van der Waals surface area contributed by atoms with Crippen LogP contribution in [0.2, 0.25) is 0 Å². The van der Waals surface area contributed by atoms with E-state index >= 15 is 0 Å². The van der Waals surface area contributed by atoms with Crippen LogP contribution in [0, 0.1) is 11.6 Å². The van der Waals surface area contributed by atoms with E-state index in [0.29, 0.717) is 24.1 Å². The fourth-order valence-electron chi connectivity index (χ4n) is 1.60. The standard InChI is InChI=1S/C10H9F2N/c1-6-9-4-7(11)5-10(12)8(9)2-3-13-6/h4-5H,2-3H2,1H3. The molecule has 0 unspecified atom stereocenters. The molecule has 3 heteroatoms. The van der Waals surface area contributed by atoms with Gasteiger partial charge in [-0.2, -0.15) is 0 Å². The molecule has 1 nitrogen and oxygen atoms in total. The highest BCUT2D eigenvalue weighted by Gasteiger charge is 2.15. The first-order valence-electron chi connectivity index (χ1n) is 4.18. The van der Waals surface area contributed by atoms with Gasteiger partial charge in [-0.25, -0.2) is 8.78 Å². The first-order chi connectivity index (χ1) is 6.18. The third kappa shape index (κ3) is 1.34. The zero-order valence-corrected chi connectivity index (χ0v) is 7.27. The maximum Gasteiger partial charge on any atom is 0.130 e. The first kappa shape index (κ1) is 8.35. The number of halogens is 2. The fraction of sp³-hybridized carbons (Fsp3) is 0.300. The topological polar surface area (TPSA) is 12.4 Å². The van der Waals surface area contributed by atoms with Crippen LogP contribution in [0.5, 0.6) is 0 Å². The lowest BCUT2D eigenvalue weighted by atomic mass is 9.98. The lowest BCUT2D eigenvalue weighted by Crippen LogP contribution is -2.12. The predicted octanol–water partition coefficient (Wildman–Crippen LogP) is 2.33. The summed E-state index contributed by atoms with van der Waals surface area (Å²) in [5.41, 5.74) is 1.93. The number of aliphatic imine (C=N–C) groups is 1. The average Bonchev–Trinajstić information content (AvgIpc) is 2.07. The van der Waals surface area contributed by atoms with Crippen molar-refractivity contribution < 1.29 is 8.78 Å². The van der Waals surface area contributed by atoms with Gasteiger partial charge in [0.1, 0.15) is 11.6 Å². The smallest absolute Gasteiger partial charge is 0.130 e. The molecular formula is C10H9F2N. The van der Waals surface area contributed by atoms with E-state index in [1.807, 2.05) is 0 Å². The van der Waals surface area contributed by atoms with E-state index in [9.17, 15) is 8.78 Å². The van der Waals surface area contributed by atoms with Gasteiger partial charge in [0.25, 0.3) is 0 Å². The summed E-state index contributed by atoms with van der Waals surface area (Å²) in [4.78, 5) is 4.14. The van der Waals surface area contributed by atoms with Crippen LogP contribution in [0.1, 0.15) is 18.1 Å². The molecule has 0 saturated heterocycles. The summed E-state index contributed by atoms with van der Waals surface area (Å²) in [5, 5.41) is 0. The molecule has 1 aliphatic heterocycles. The van der Waals surface area contributed by atoms with Gasteiger partial charge in [0, 0.05) is 23.9 Å². The third-order valence-corrected chi connectivity index (χ3v) is 2.26. The number of fused-ring (bicyclic) bond motifs is 1. The molecular weight excluding hydrogens is 172 g/mol. The minimum Gasteiger partial charge on any atom is -0.289 e. The van der Waals surface area contributed by atoms with E-state index in [1.165, 1.54) is 6.07 Å². The van der Waals surface area contributed by atoms with Gasteiger partial charge < -0.3 is 0 Å². The van der Waals surface area contributed by atoms with Crippen LogP contribution in [0.15, 0.2) is 17.1 Å². The molecule has 2 rings (SSSR count). The van der Waals surface area contributed by atoms with Crippen LogP contribution in [-0.4, -0.2) is 12.3 Å². The lowest BCUT2D eigenvalue weighted by Gasteiger charge is -2.14. The normalized spacial score (nSPS) is 15.2. The Bertz CT molecular complexity index is 383. The second-order valence-electron chi connectivity index (χ2n) is 3.13. The van der Waals surface area contributed by atoms with Crippen molar-refractivity contribution in [1.82, 2.24) is 0 Å². The van der Waals surface area contributed by atoms with Crippen LogP contribution in [-0.2, 0) is 6.42 Å². The highest BCUT2D eigenvalue weighted by Crippen LogP contribution is 2.20. The molecule has 0 aromatic heterocycles. The molecule has 0 spiro atoms. The SMILES string of the molecule is CC1=NCCc2c(F)cc(F)cc21. The molecule has 0 atom stereocenters. The van der Waals surface area contributed by atoms with Crippen molar-refractivity contribution in [3.05, 3.63) is 34.9 Å². The van der Waals surface area contributed by atoms with Gasteiger partial charge in [-0.05, 0) is 25.0 Å². The van der Waals surface area contributed by atoms with Crippen LogP contribution in [0.25, 0.3) is 0 Å². The van der Waals surface area contributed by atoms with Crippen molar-refractivity contribution in [2.45, 2.75) is 13.3 Å². The van der Waals surface area contributed by atoms with E-state index in [0.717, 1.165) is 11.8 Å². The molecule has 0 saturated carbocycles. The fourth-order valence-corrected chi connectivity index (χ4v) is 1.60. The van der Waals surface area contributed by atoms with Crippen molar-refractivity contribution in [2.24, 2.45) is 4.99 Å². The molecule has 0 bridgehead atoms. The van der Waals surface area contributed by atoms with Gasteiger partial charge in [-0.15, -0.1) is 0 Å². The largest absolute Gasteiger partial charge is 0.289 e. The van der Waals surface area contributed by atoms with Gasteiger partial charge >= 0.3 is 0 Å². The first-order valence-corrected chi connectivity index (χ1v) is 4.18. The molecule has 1 aromatic rings. The second-order valence-corrected chi connectivity index (χ2v) is 3.13. The number of benzene rings is 1. The quantitative estimate of drug-likeness (QED) is 0.582. The molecule has 0 fully saturated rings. The Balaban J connectivity index is 2.66. The number of rotatable bonds is 0. The van der Waals surface area contributed by atoms with Crippen LogP contribution < -0.4 is 0 Å². The summed E-state index contributed by atoms with van der Waals surface area (Å²) in [7, 11) is 0. The van der Waals surface area contributed by atoms with E-state index < -0.39 is 11.6 Å². The van der Waals surface area contributed by atoms with Crippen molar-refractivity contribution in [3.63, 3.8) is 0 Å². The molecule has 0 radical (unpaired) electrons. The predicted molar refractivity (Wildman–Crippen MR) is 47.1 cm³/mol. The van der Waals surface area contributed by atoms with Gasteiger partial charge in [-0.3, -0.25) is 4.99 Å². The Hall–Kier alpha value is -1.25. The average molecular weight is 181 g/mol. The number of nitrogens with zero attached hydrogens (tertiary/aromatic N) is 1. The highest BCUT2D eigenvalue weighted by molar-refractivity contribution is 6.00. The molecule has 1 aliphatic rings. The zero-order valence-electron chi connectivity index (χ0n) is 7.27. The maximum atomic E-state index is 13.2. The van der Waals surface area contributed by atoms with Crippen LogP contribution in [0.4, 0.5) is 8.78 Å².